The molecule has 0 aliphatic carbocycles. The third-order valence-corrected chi connectivity index (χ3v) is 25.1. The number of rotatable bonds is 4. The fourth-order valence-corrected chi connectivity index (χ4v) is 25.4. The zero-order valence-electron chi connectivity index (χ0n) is 27.6. The molecule has 0 aromatic heterocycles. The molecule has 0 bridgehead atoms. The summed E-state index contributed by atoms with van der Waals surface area (Å²) < 4.78 is 21.4. The van der Waals surface area contributed by atoms with E-state index in [1.54, 1.807) is 0 Å². The van der Waals surface area contributed by atoms with E-state index in [1.807, 2.05) is 18.2 Å². The molecule has 0 amide bonds. The maximum atomic E-state index is 16.2. The van der Waals surface area contributed by atoms with E-state index in [4.69, 9.17) is 0 Å². The molecule has 0 saturated heterocycles. The first-order chi connectivity index (χ1) is 24.0. The molecule has 2 nitrogen and oxygen atoms in total. The monoisotopic (exact) mass is 711 g/mol. The van der Waals surface area contributed by atoms with Crippen molar-refractivity contribution in [2.45, 2.75) is 19.3 Å². The molecular weight excluding hydrogens is 674 g/mol. The minimum atomic E-state index is -3.80. The molecule has 2 heterocycles. The average molecular weight is 710 g/mol. The van der Waals surface area contributed by atoms with E-state index in [9.17, 15) is 0 Å². The quantitative estimate of drug-likeness (QED) is 0.143. The van der Waals surface area contributed by atoms with Crippen LogP contribution in [-0.2, 0) is 9.98 Å². The normalized spacial score (nSPS) is 18.0. The molecule has 0 N–H and O–H groups in total. The van der Waals surface area contributed by atoms with Crippen LogP contribution < -0.4 is 38.4 Å². The van der Waals surface area contributed by atoms with Gasteiger partial charge in [-0.25, -0.2) is 0 Å². The standard InChI is InChI=1S/C45H36GeNOP/c1-45(2)37-24-12-15-27-41(37)47(42-28-16-13-25-38(42)45)35-30-31-44-40(32-35)46(33-18-6-3-7-19-33,34-20-8-4-9-21-34)39-26-14-17-29-43(39)49(44,48)36-22-10-5-11-23-36/h3-32H,1-2H3. The van der Waals surface area contributed by atoms with Gasteiger partial charge in [0.15, 0.2) is 0 Å². The van der Waals surface area contributed by atoms with Crippen molar-refractivity contribution in [3.05, 3.63) is 193 Å². The maximum absolute atomic E-state index is 16.2. The predicted octanol–water partition coefficient (Wildman–Crippen LogP) is 7.13. The topological polar surface area (TPSA) is 20.3 Å². The molecule has 0 saturated carbocycles. The summed E-state index contributed by atoms with van der Waals surface area (Å²) in [4.78, 5) is 2.44. The van der Waals surface area contributed by atoms with Gasteiger partial charge in [-0.15, -0.1) is 0 Å². The minimum absolute atomic E-state index is 0.157. The Balaban J connectivity index is 1.43. The molecule has 4 heteroatoms. The van der Waals surface area contributed by atoms with Crippen LogP contribution >= 0.6 is 7.14 Å². The number of anilines is 3. The molecule has 9 rings (SSSR count). The van der Waals surface area contributed by atoms with Crippen LogP contribution in [0.5, 0.6) is 0 Å². The zero-order chi connectivity index (χ0) is 33.2. The zero-order valence-corrected chi connectivity index (χ0v) is 30.6. The fraction of sp³-hybridized carbons (Fsp3) is 0.0667. The van der Waals surface area contributed by atoms with Crippen LogP contribution in [0.15, 0.2) is 182 Å². The summed E-state index contributed by atoms with van der Waals surface area (Å²) in [5.41, 5.74) is 5.90. The van der Waals surface area contributed by atoms with Crippen LogP contribution in [0.1, 0.15) is 25.0 Å². The second-order valence-corrected chi connectivity index (χ2v) is 24.2. The van der Waals surface area contributed by atoms with Crippen LogP contribution in [0.4, 0.5) is 17.1 Å². The van der Waals surface area contributed by atoms with Crippen molar-refractivity contribution < 1.29 is 4.57 Å². The second-order valence-electron chi connectivity index (χ2n) is 13.6. The van der Waals surface area contributed by atoms with Gasteiger partial charge in [0.2, 0.25) is 0 Å². The van der Waals surface area contributed by atoms with E-state index in [-0.39, 0.29) is 5.41 Å². The van der Waals surface area contributed by atoms with Gasteiger partial charge in [0.05, 0.1) is 0 Å². The van der Waals surface area contributed by atoms with Crippen molar-refractivity contribution in [1.29, 1.82) is 0 Å². The van der Waals surface area contributed by atoms with E-state index < -0.39 is 20.4 Å². The number of para-hydroxylation sites is 2. The van der Waals surface area contributed by atoms with Crippen LogP contribution in [0.2, 0.25) is 0 Å². The number of hydrogen-bond acceptors (Lipinski definition) is 2. The van der Waals surface area contributed by atoms with Crippen molar-refractivity contribution in [2.24, 2.45) is 0 Å². The summed E-state index contributed by atoms with van der Waals surface area (Å²) in [5, 5.41) is 2.82. The van der Waals surface area contributed by atoms with Gasteiger partial charge in [-0.3, -0.25) is 0 Å². The number of hydrogen-bond donors (Lipinski definition) is 0. The van der Waals surface area contributed by atoms with Crippen LogP contribution in [0.25, 0.3) is 0 Å². The first kappa shape index (κ1) is 30.2. The van der Waals surface area contributed by atoms with E-state index in [2.05, 4.69) is 183 Å². The first-order valence-corrected chi connectivity index (χ1v) is 22.9. The first-order valence-electron chi connectivity index (χ1n) is 17.0. The van der Waals surface area contributed by atoms with Gasteiger partial charge in [-0.2, -0.15) is 0 Å². The van der Waals surface area contributed by atoms with Gasteiger partial charge in [-0.05, 0) is 0 Å². The van der Waals surface area contributed by atoms with Crippen LogP contribution in [0.3, 0.4) is 0 Å². The van der Waals surface area contributed by atoms with Crippen molar-refractivity contribution in [1.82, 2.24) is 0 Å². The number of benzene rings is 7. The van der Waals surface area contributed by atoms with Gasteiger partial charge < -0.3 is 0 Å². The molecule has 1 unspecified atom stereocenters. The molecule has 1 atom stereocenters. The third kappa shape index (κ3) is 4.24. The molecule has 2 aliphatic rings. The molecule has 2 aliphatic heterocycles. The van der Waals surface area contributed by atoms with E-state index in [1.165, 1.54) is 40.1 Å². The second kappa shape index (κ2) is 11.3. The molecule has 0 fully saturated rings. The van der Waals surface area contributed by atoms with Crippen LogP contribution in [-0.4, -0.2) is 13.3 Å². The molecule has 7 aromatic carbocycles. The van der Waals surface area contributed by atoms with Crippen molar-refractivity contribution in [3.8, 4) is 0 Å². The molecule has 236 valence electrons. The Labute approximate surface area is 291 Å². The van der Waals surface area contributed by atoms with Crippen molar-refractivity contribution >= 4 is 71.0 Å². The Kier molecular flexibility index (Phi) is 6.99. The molecule has 0 radical (unpaired) electrons. The Morgan fingerprint density at radius 3 is 1.55 bits per heavy atom. The molecule has 7 aromatic rings. The Morgan fingerprint density at radius 1 is 0.490 bits per heavy atom. The van der Waals surface area contributed by atoms with E-state index >= 15 is 4.57 Å². The predicted molar refractivity (Wildman–Crippen MR) is 210 cm³/mol. The summed E-state index contributed by atoms with van der Waals surface area (Å²) in [6.45, 7) is 4.65. The summed E-state index contributed by atoms with van der Waals surface area (Å²) in [7, 11) is -3.25. The third-order valence-electron chi connectivity index (χ3n) is 10.8. The van der Waals surface area contributed by atoms with Gasteiger partial charge in [0.25, 0.3) is 0 Å². The number of nitrogens with zero attached hydrogens (tertiary/aromatic N) is 1. The Hall–Kier alpha value is -4.89. The van der Waals surface area contributed by atoms with Gasteiger partial charge in [-0.1, -0.05) is 0 Å². The molecule has 49 heavy (non-hydrogen) atoms. The van der Waals surface area contributed by atoms with Gasteiger partial charge in [0.1, 0.15) is 0 Å². The van der Waals surface area contributed by atoms with Gasteiger partial charge in [0, 0.05) is 0 Å². The van der Waals surface area contributed by atoms with Crippen molar-refractivity contribution in [2.75, 3.05) is 4.90 Å². The summed E-state index contributed by atoms with van der Waals surface area (Å²) >= 11 is -3.80. The van der Waals surface area contributed by atoms with Crippen molar-refractivity contribution in [3.63, 3.8) is 0 Å². The Morgan fingerprint density at radius 2 is 0.959 bits per heavy atom. The SMILES string of the molecule is CC1(C)c2ccccc2N(c2ccc3[c](c2)[Ge]([c]2ccccc2)([c]2ccccc2)[c]2ccccc2P3(=O)c2ccccc2)c2ccccc21. The van der Waals surface area contributed by atoms with E-state index in [0.717, 1.165) is 21.6 Å². The summed E-state index contributed by atoms with van der Waals surface area (Å²) in [6.07, 6.45) is 0. The van der Waals surface area contributed by atoms with E-state index in [0.29, 0.717) is 0 Å². The molecule has 0 spiro atoms. The fourth-order valence-electron chi connectivity index (χ4n) is 8.61. The average Bonchev–Trinajstić information content (AvgIpc) is 3.16. The van der Waals surface area contributed by atoms with Crippen LogP contribution in [0, 0.1) is 0 Å². The number of fused-ring (bicyclic) bond motifs is 4. The summed E-state index contributed by atoms with van der Waals surface area (Å²) in [6, 6.07) is 65.4. The van der Waals surface area contributed by atoms with Gasteiger partial charge >= 0.3 is 293 Å². The molecular formula is C45H36GeNOP. The Bertz CT molecular complexity index is 2320. The summed E-state index contributed by atoms with van der Waals surface area (Å²) in [5.74, 6) is 0.